The molecule has 0 bridgehead atoms. The number of benzene rings is 2. The summed E-state index contributed by atoms with van der Waals surface area (Å²) in [5.41, 5.74) is 5.73. The first kappa shape index (κ1) is 20.8. The van der Waals surface area contributed by atoms with Crippen molar-refractivity contribution in [3.8, 4) is 5.75 Å². The summed E-state index contributed by atoms with van der Waals surface area (Å²) < 4.78 is 11.0. The minimum absolute atomic E-state index is 0.0866. The van der Waals surface area contributed by atoms with Gasteiger partial charge in [0.1, 0.15) is 18.1 Å². The van der Waals surface area contributed by atoms with Gasteiger partial charge in [-0.05, 0) is 42.0 Å². The smallest absolute Gasteiger partial charge is 0.305 e. The van der Waals surface area contributed by atoms with Crippen LogP contribution < -0.4 is 15.6 Å². The van der Waals surface area contributed by atoms with Crippen LogP contribution in [0.4, 0.5) is 0 Å². The molecule has 2 N–H and O–H groups in total. The van der Waals surface area contributed by atoms with Crippen molar-refractivity contribution in [3.05, 3.63) is 88.8 Å². The van der Waals surface area contributed by atoms with Gasteiger partial charge in [0, 0.05) is 10.8 Å². The van der Waals surface area contributed by atoms with Crippen LogP contribution in [0.1, 0.15) is 21.9 Å². The summed E-state index contributed by atoms with van der Waals surface area (Å²) >= 11 is 7.35. The normalized spacial score (nSPS) is 10.4. The maximum absolute atomic E-state index is 12.1. The van der Waals surface area contributed by atoms with E-state index in [1.807, 2.05) is 48.5 Å². The van der Waals surface area contributed by atoms with E-state index >= 15 is 0 Å². The third-order valence-electron chi connectivity index (χ3n) is 3.72. The van der Waals surface area contributed by atoms with Gasteiger partial charge in [0.15, 0.2) is 5.76 Å². The van der Waals surface area contributed by atoms with Crippen molar-refractivity contribution < 1.29 is 18.7 Å². The molecule has 6 nitrogen and oxygen atoms in total. The minimum Gasteiger partial charge on any atom is -0.486 e. The molecule has 0 atom stereocenters. The van der Waals surface area contributed by atoms with Crippen LogP contribution in [0.3, 0.4) is 0 Å². The molecule has 0 radical (unpaired) electrons. The van der Waals surface area contributed by atoms with Gasteiger partial charge in [-0.25, -0.2) is 0 Å². The third kappa shape index (κ3) is 6.89. The van der Waals surface area contributed by atoms with Crippen molar-refractivity contribution in [2.45, 2.75) is 12.4 Å². The molecule has 0 aliphatic rings. The predicted molar refractivity (Wildman–Crippen MR) is 113 cm³/mol. The first-order valence-electron chi connectivity index (χ1n) is 8.78. The Kier molecular flexibility index (Phi) is 7.61. The number of hydrogen-bond donors (Lipinski definition) is 2. The number of rotatable bonds is 8. The summed E-state index contributed by atoms with van der Waals surface area (Å²) in [6, 6.07) is 19.9. The molecule has 0 aliphatic carbocycles. The lowest BCUT2D eigenvalue weighted by Crippen LogP contribution is -2.42. The highest BCUT2D eigenvalue weighted by Crippen LogP contribution is 2.16. The lowest BCUT2D eigenvalue weighted by Gasteiger charge is -2.06. The molecule has 2 aromatic carbocycles. The standard InChI is InChI=1S/C21H19ClN2O4S/c22-16-6-4-5-15(11-16)13-29-14-20(25)23-24-21(26)19-10-9-18(28-19)12-27-17-7-2-1-3-8-17/h1-11H,12-14H2,(H,23,25)(H,24,26). The van der Waals surface area contributed by atoms with Gasteiger partial charge in [-0.1, -0.05) is 41.9 Å². The Hall–Kier alpha value is -2.90. The molecule has 29 heavy (non-hydrogen) atoms. The lowest BCUT2D eigenvalue weighted by atomic mass is 10.2. The zero-order valence-electron chi connectivity index (χ0n) is 15.4. The van der Waals surface area contributed by atoms with Gasteiger partial charge >= 0.3 is 5.91 Å². The molecule has 3 rings (SSSR count). The Morgan fingerprint density at radius 1 is 1.00 bits per heavy atom. The van der Waals surface area contributed by atoms with Crippen LogP contribution in [0.2, 0.25) is 5.02 Å². The molecule has 0 aliphatic heterocycles. The molecular formula is C21H19ClN2O4S. The second kappa shape index (κ2) is 10.6. The third-order valence-corrected chi connectivity index (χ3v) is 4.95. The number of carbonyl (C=O) groups is 2. The summed E-state index contributed by atoms with van der Waals surface area (Å²) in [6.45, 7) is 0.198. The number of amides is 2. The van der Waals surface area contributed by atoms with Gasteiger partial charge in [-0.15, -0.1) is 11.8 Å². The number of hydrogen-bond acceptors (Lipinski definition) is 5. The molecule has 0 fully saturated rings. The van der Waals surface area contributed by atoms with Crippen molar-refractivity contribution in [1.29, 1.82) is 0 Å². The van der Waals surface area contributed by atoms with Gasteiger partial charge in [0.2, 0.25) is 5.91 Å². The molecule has 0 saturated carbocycles. The van der Waals surface area contributed by atoms with E-state index in [9.17, 15) is 9.59 Å². The largest absolute Gasteiger partial charge is 0.486 e. The molecule has 2 amide bonds. The zero-order chi connectivity index (χ0) is 20.5. The SMILES string of the molecule is O=C(CSCc1cccc(Cl)c1)NNC(=O)c1ccc(COc2ccccc2)o1. The Morgan fingerprint density at radius 2 is 1.83 bits per heavy atom. The fraction of sp³-hybridized carbons (Fsp3) is 0.143. The van der Waals surface area contributed by atoms with E-state index in [-0.39, 0.29) is 24.0 Å². The lowest BCUT2D eigenvalue weighted by molar-refractivity contribution is -0.119. The molecule has 0 saturated heterocycles. The summed E-state index contributed by atoms with van der Waals surface area (Å²) in [7, 11) is 0. The van der Waals surface area contributed by atoms with Crippen molar-refractivity contribution in [1.82, 2.24) is 10.9 Å². The molecular weight excluding hydrogens is 412 g/mol. The topological polar surface area (TPSA) is 80.6 Å². The quantitative estimate of drug-likeness (QED) is 0.523. The van der Waals surface area contributed by atoms with Crippen LogP contribution in [-0.2, 0) is 17.2 Å². The van der Waals surface area contributed by atoms with Crippen LogP contribution >= 0.6 is 23.4 Å². The number of nitrogens with one attached hydrogen (secondary N) is 2. The number of para-hydroxylation sites is 1. The maximum Gasteiger partial charge on any atom is 0.305 e. The van der Waals surface area contributed by atoms with E-state index in [0.717, 1.165) is 5.56 Å². The van der Waals surface area contributed by atoms with E-state index in [1.54, 1.807) is 12.1 Å². The summed E-state index contributed by atoms with van der Waals surface area (Å²) in [5, 5.41) is 0.659. The van der Waals surface area contributed by atoms with E-state index in [0.29, 0.717) is 22.3 Å². The number of hydrazine groups is 1. The minimum atomic E-state index is -0.538. The average Bonchev–Trinajstić information content (AvgIpc) is 3.20. The maximum atomic E-state index is 12.1. The van der Waals surface area contributed by atoms with Crippen molar-refractivity contribution in [2.75, 3.05) is 5.75 Å². The Labute approximate surface area is 177 Å². The molecule has 1 heterocycles. The van der Waals surface area contributed by atoms with Crippen LogP contribution in [0.25, 0.3) is 0 Å². The molecule has 0 unspecified atom stereocenters. The Bertz CT molecular complexity index is 962. The number of thioether (sulfide) groups is 1. The van der Waals surface area contributed by atoms with Crippen LogP contribution in [0, 0.1) is 0 Å². The number of halogens is 1. The van der Waals surface area contributed by atoms with Crippen molar-refractivity contribution >= 4 is 35.2 Å². The average molecular weight is 431 g/mol. The molecule has 0 spiro atoms. The van der Waals surface area contributed by atoms with Crippen molar-refractivity contribution in [3.63, 3.8) is 0 Å². The first-order valence-corrected chi connectivity index (χ1v) is 10.3. The Morgan fingerprint density at radius 3 is 2.62 bits per heavy atom. The number of ether oxygens (including phenoxy) is 1. The van der Waals surface area contributed by atoms with Gasteiger partial charge < -0.3 is 9.15 Å². The van der Waals surface area contributed by atoms with E-state index in [2.05, 4.69) is 10.9 Å². The highest BCUT2D eigenvalue weighted by atomic mass is 35.5. The van der Waals surface area contributed by atoms with Gasteiger partial charge in [-0.2, -0.15) is 0 Å². The fourth-order valence-corrected chi connectivity index (χ4v) is 3.35. The number of furan rings is 1. The van der Waals surface area contributed by atoms with Gasteiger partial charge in [0.25, 0.3) is 0 Å². The first-order chi connectivity index (χ1) is 14.1. The molecule has 150 valence electrons. The summed E-state index contributed by atoms with van der Waals surface area (Å²) in [5.74, 6) is 1.28. The Balaban J connectivity index is 1.37. The predicted octanol–water partition coefficient (Wildman–Crippen LogP) is 4.21. The van der Waals surface area contributed by atoms with Crippen LogP contribution in [0.15, 0.2) is 71.1 Å². The highest BCUT2D eigenvalue weighted by Gasteiger charge is 2.12. The van der Waals surface area contributed by atoms with E-state index in [1.165, 1.54) is 17.8 Å². The second-order valence-corrected chi connectivity index (χ2v) is 7.41. The fourth-order valence-electron chi connectivity index (χ4n) is 2.36. The van der Waals surface area contributed by atoms with Gasteiger partial charge in [-0.3, -0.25) is 20.4 Å². The van der Waals surface area contributed by atoms with Gasteiger partial charge in [0.05, 0.1) is 5.75 Å². The number of carbonyl (C=O) groups excluding carboxylic acids is 2. The molecule has 8 heteroatoms. The monoisotopic (exact) mass is 430 g/mol. The summed E-state index contributed by atoms with van der Waals surface area (Å²) in [6.07, 6.45) is 0. The van der Waals surface area contributed by atoms with Crippen molar-refractivity contribution in [2.24, 2.45) is 0 Å². The van der Waals surface area contributed by atoms with Crippen LogP contribution in [-0.4, -0.2) is 17.6 Å². The molecule has 3 aromatic rings. The second-order valence-electron chi connectivity index (χ2n) is 5.99. The van der Waals surface area contributed by atoms with E-state index < -0.39 is 5.91 Å². The van der Waals surface area contributed by atoms with E-state index in [4.69, 9.17) is 20.8 Å². The highest BCUT2D eigenvalue weighted by molar-refractivity contribution is 7.99. The zero-order valence-corrected chi connectivity index (χ0v) is 17.0. The molecule has 1 aromatic heterocycles. The van der Waals surface area contributed by atoms with Crippen LogP contribution in [0.5, 0.6) is 5.75 Å². The summed E-state index contributed by atoms with van der Waals surface area (Å²) in [4.78, 5) is 24.0.